The topological polar surface area (TPSA) is 55.8 Å². The van der Waals surface area contributed by atoms with Crippen LogP contribution in [0, 0.1) is 22.7 Å². The van der Waals surface area contributed by atoms with Gasteiger partial charge in [-0.2, -0.15) is 10.5 Å². The van der Waals surface area contributed by atoms with Gasteiger partial charge in [-0.15, -0.1) is 11.3 Å². The first kappa shape index (κ1) is 26.5. The Morgan fingerprint density at radius 2 is 1.04 bits per heavy atom. The average Bonchev–Trinajstić information content (AvgIpc) is 3.62. The molecular formula is C41H26N4S. The molecule has 8 aromatic rings. The highest BCUT2D eigenvalue weighted by Gasteiger charge is 2.36. The van der Waals surface area contributed by atoms with Crippen LogP contribution in [0.1, 0.15) is 36.1 Å². The van der Waals surface area contributed by atoms with Crippen LogP contribution in [0.3, 0.4) is 0 Å². The van der Waals surface area contributed by atoms with Gasteiger partial charge in [0.15, 0.2) is 0 Å². The molecule has 216 valence electrons. The molecule has 6 aromatic carbocycles. The molecule has 0 saturated carbocycles. The molecule has 0 N–H and O–H groups in total. The van der Waals surface area contributed by atoms with Crippen LogP contribution < -0.4 is 4.90 Å². The highest BCUT2D eigenvalue weighted by Crippen LogP contribution is 2.52. The average molecular weight is 607 g/mol. The van der Waals surface area contributed by atoms with Crippen molar-refractivity contribution in [1.82, 2.24) is 4.57 Å². The van der Waals surface area contributed by atoms with Crippen molar-refractivity contribution in [1.29, 1.82) is 10.5 Å². The molecular weight excluding hydrogens is 581 g/mol. The number of thiophene rings is 1. The normalized spacial score (nSPS) is 13.5. The zero-order chi connectivity index (χ0) is 31.2. The standard InChI is InChI=1S/C41H26N4S/c1-41(2)33-7-3-5-9-37(33)45(38-10-6-4-8-34(38)41)28-14-18-40-32(22-28)31-21-27(13-17-39(31)46-40)44-35-15-11-25(23-42)19-29(35)30-20-26(24-43)12-16-36(30)44/h3-22H,1-2H3. The summed E-state index contributed by atoms with van der Waals surface area (Å²) < 4.78 is 4.73. The number of fused-ring (bicyclic) bond motifs is 8. The Kier molecular flexibility index (Phi) is 5.51. The van der Waals surface area contributed by atoms with Crippen LogP contribution in [0.25, 0.3) is 47.7 Å². The molecule has 0 saturated heterocycles. The van der Waals surface area contributed by atoms with Crippen LogP contribution in [-0.2, 0) is 5.41 Å². The monoisotopic (exact) mass is 606 g/mol. The molecule has 0 spiro atoms. The zero-order valence-corrected chi connectivity index (χ0v) is 26.1. The number of nitriles is 2. The van der Waals surface area contributed by atoms with Crippen molar-refractivity contribution >= 4 is 70.4 Å². The van der Waals surface area contributed by atoms with Gasteiger partial charge in [0.25, 0.3) is 0 Å². The van der Waals surface area contributed by atoms with Gasteiger partial charge >= 0.3 is 0 Å². The van der Waals surface area contributed by atoms with E-state index in [2.05, 4.69) is 120 Å². The fourth-order valence-electron chi connectivity index (χ4n) is 7.42. The molecule has 3 heterocycles. The third-order valence-electron chi connectivity index (χ3n) is 9.61. The molecule has 0 radical (unpaired) electrons. The van der Waals surface area contributed by atoms with Gasteiger partial charge < -0.3 is 9.47 Å². The summed E-state index contributed by atoms with van der Waals surface area (Å²) in [6, 6.07) is 47.2. The number of hydrogen-bond donors (Lipinski definition) is 0. The van der Waals surface area contributed by atoms with E-state index < -0.39 is 0 Å². The summed E-state index contributed by atoms with van der Waals surface area (Å²) in [6.07, 6.45) is 0. The number of rotatable bonds is 2. The van der Waals surface area contributed by atoms with E-state index in [1.807, 2.05) is 47.7 Å². The Hall–Kier alpha value is -5.88. The number of benzene rings is 6. The van der Waals surface area contributed by atoms with Crippen LogP contribution in [-0.4, -0.2) is 4.57 Å². The van der Waals surface area contributed by atoms with Crippen molar-refractivity contribution in [3.8, 4) is 17.8 Å². The highest BCUT2D eigenvalue weighted by molar-refractivity contribution is 7.25. The quantitative estimate of drug-likeness (QED) is 0.197. The van der Waals surface area contributed by atoms with Gasteiger partial charge in [-0.3, -0.25) is 0 Å². The van der Waals surface area contributed by atoms with Gasteiger partial charge in [-0.05, 0) is 96.1 Å². The van der Waals surface area contributed by atoms with E-state index in [0.29, 0.717) is 11.1 Å². The maximum Gasteiger partial charge on any atom is 0.0991 e. The zero-order valence-electron chi connectivity index (χ0n) is 25.2. The molecule has 46 heavy (non-hydrogen) atoms. The van der Waals surface area contributed by atoms with Gasteiger partial charge in [-0.1, -0.05) is 50.2 Å². The maximum absolute atomic E-state index is 9.63. The van der Waals surface area contributed by atoms with Crippen LogP contribution in [0.4, 0.5) is 17.1 Å². The molecule has 0 aliphatic carbocycles. The smallest absolute Gasteiger partial charge is 0.0991 e. The minimum Gasteiger partial charge on any atom is -0.310 e. The molecule has 4 nitrogen and oxygen atoms in total. The van der Waals surface area contributed by atoms with Crippen LogP contribution >= 0.6 is 11.3 Å². The van der Waals surface area contributed by atoms with Crippen molar-refractivity contribution < 1.29 is 0 Å². The number of aromatic nitrogens is 1. The predicted octanol–water partition coefficient (Wildman–Crippen LogP) is 11.0. The summed E-state index contributed by atoms with van der Waals surface area (Å²) in [5, 5.41) is 23.6. The maximum atomic E-state index is 9.63. The second-order valence-corrected chi connectivity index (χ2v) is 13.6. The van der Waals surface area contributed by atoms with E-state index in [-0.39, 0.29) is 5.41 Å². The third-order valence-corrected chi connectivity index (χ3v) is 10.8. The molecule has 0 unspecified atom stereocenters. The van der Waals surface area contributed by atoms with E-state index in [1.165, 1.54) is 42.7 Å². The summed E-state index contributed by atoms with van der Waals surface area (Å²) in [7, 11) is 0. The minimum atomic E-state index is -0.109. The molecule has 0 fully saturated rings. The lowest BCUT2D eigenvalue weighted by Crippen LogP contribution is -2.30. The van der Waals surface area contributed by atoms with E-state index in [0.717, 1.165) is 33.2 Å². The van der Waals surface area contributed by atoms with Crippen molar-refractivity contribution in [2.45, 2.75) is 19.3 Å². The van der Waals surface area contributed by atoms with Crippen LogP contribution in [0.5, 0.6) is 0 Å². The molecule has 1 aliphatic heterocycles. The molecule has 0 atom stereocenters. The van der Waals surface area contributed by atoms with Gasteiger partial charge in [0.1, 0.15) is 0 Å². The van der Waals surface area contributed by atoms with E-state index in [1.54, 1.807) is 0 Å². The molecule has 5 heteroatoms. The van der Waals surface area contributed by atoms with E-state index >= 15 is 0 Å². The second kappa shape index (κ2) is 9.56. The number of para-hydroxylation sites is 2. The Labute approximate surface area is 270 Å². The fourth-order valence-corrected chi connectivity index (χ4v) is 8.49. The molecule has 0 bridgehead atoms. The third kappa shape index (κ3) is 3.64. The van der Waals surface area contributed by atoms with Crippen molar-refractivity contribution in [3.63, 3.8) is 0 Å². The number of nitrogens with zero attached hydrogens (tertiary/aromatic N) is 4. The van der Waals surface area contributed by atoms with Gasteiger partial charge in [0.2, 0.25) is 0 Å². The molecule has 9 rings (SSSR count). The largest absolute Gasteiger partial charge is 0.310 e. The number of anilines is 3. The highest BCUT2D eigenvalue weighted by atomic mass is 32.1. The second-order valence-electron chi connectivity index (χ2n) is 12.5. The number of hydrogen-bond acceptors (Lipinski definition) is 4. The Bertz CT molecular complexity index is 2540. The summed E-state index contributed by atoms with van der Waals surface area (Å²) in [4.78, 5) is 2.41. The molecule has 1 aliphatic rings. The van der Waals surface area contributed by atoms with Gasteiger partial charge in [-0.25, -0.2) is 0 Å². The minimum absolute atomic E-state index is 0.109. The van der Waals surface area contributed by atoms with E-state index in [9.17, 15) is 10.5 Å². The summed E-state index contributed by atoms with van der Waals surface area (Å²) in [6.45, 7) is 4.63. The van der Waals surface area contributed by atoms with Crippen molar-refractivity contribution in [3.05, 3.63) is 144 Å². The van der Waals surface area contributed by atoms with Crippen molar-refractivity contribution in [2.75, 3.05) is 4.90 Å². The lowest BCUT2D eigenvalue weighted by molar-refractivity contribution is 0.632. The first-order valence-electron chi connectivity index (χ1n) is 15.3. The van der Waals surface area contributed by atoms with Crippen LogP contribution in [0.2, 0.25) is 0 Å². The molecule has 0 amide bonds. The first-order valence-corrected chi connectivity index (χ1v) is 16.1. The van der Waals surface area contributed by atoms with Crippen molar-refractivity contribution in [2.24, 2.45) is 0 Å². The fraction of sp³-hybridized carbons (Fsp3) is 0.0732. The summed E-state index contributed by atoms with van der Waals surface area (Å²) in [5.41, 5.74) is 10.3. The van der Waals surface area contributed by atoms with E-state index in [4.69, 9.17) is 0 Å². The first-order chi connectivity index (χ1) is 22.5. The predicted molar refractivity (Wildman–Crippen MR) is 190 cm³/mol. The Morgan fingerprint density at radius 3 is 1.59 bits per heavy atom. The SMILES string of the molecule is CC1(C)c2ccccc2N(c2ccc3sc4ccc(-n5c6ccc(C#N)cc6c6cc(C#N)ccc65)cc4c3c2)c2ccccc21. The van der Waals surface area contributed by atoms with Gasteiger partial charge in [0, 0.05) is 47.7 Å². The van der Waals surface area contributed by atoms with Gasteiger partial charge in [0.05, 0.1) is 45.7 Å². The molecule has 2 aromatic heterocycles. The summed E-state index contributed by atoms with van der Waals surface area (Å²) >= 11 is 1.81. The Balaban J connectivity index is 1.27. The lowest BCUT2D eigenvalue weighted by atomic mass is 9.73. The summed E-state index contributed by atoms with van der Waals surface area (Å²) in [5.74, 6) is 0. The van der Waals surface area contributed by atoms with Crippen LogP contribution in [0.15, 0.2) is 121 Å². The Morgan fingerprint density at radius 1 is 0.543 bits per heavy atom. The lowest BCUT2D eigenvalue weighted by Gasteiger charge is -2.42.